The Kier molecular flexibility index (Phi) is 5.41. The molecule has 0 unspecified atom stereocenters. The Hall–Kier alpha value is -2.61. The minimum absolute atomic E-state index is 0.0164. The fourth-order valence-electron chi connectivity index (χ4n) is 3.20. The normalized spacial score (nSPS) is 16.8. The lowest BCUT2D eigenvalue weighted by Gasteiger charge is -2.16. The van der Waals surface area contributed by atoms with Crippen molar-refractivity contribution < 1.29 is 9.53 Å². The molecule has 1 aliphatic heterocycles. The van der Waals surface area contributed by atoms with Gasteiger partial charge in [-0.1, -0.05) is 0 Å². The van der Waals surface area contributed by atoms with Gasteiger partial charge in [0.15, 0.2) is 0 Å². The summed E-state index contributed by atoms with van der Waals surface area (Å²) in [5.74, 6) is 2.08. The van der Waals surface area contributed by atoms with E-state index in [2.05, 4.69) is 25.3 Å². The van der Waals surface area contributed by atoms with Crippen molar-refractivity contribution in [2.24, 2.45) is 0 Å². The predicted molar refractivity (Wildman–Crippen MR) is 97.4 cm³/mol. The van der Waals surface area contributed by atoms with Gasteiger partial charge in [0.25, 0.3) is 0 Å². The van der Waals surface area contributed by atoms with E-state index < -0.39 is 0 Å². The quantitative estimate of drug-likeness (QED) is 0.874. The Bertz CT molecular complexity index is 790. The van der Waals surface area contributed by atoms with Gasteiger partial charge in [-0.05, 0) is 33.3 Å². The van der Waals surface area contributed by atoms with Crippen molar-refractivity contribution in [3.8, 4) is 0 Å². The molecule has 0 bridgehead atoms. The molecule has 1 aliphatic rings. The van der Waals surface area contributed by atoms with Crippen molar-refractivity contribution >= 4 is 17.7 Å². The van der Waals surface area contributed by atoms with Crippen molar-refractivity contribution in [1.82, 2.24) is 24.8 Å². The number of hydrogen-bond donors (Lipinski definition) is 1. The van der Waals surface area contributed by atoms with Crippen LogP contribution >= 0.6 is 0 Å². The van der Waals surface area contributed by atoms with E-state index in [0.29, 0.717) is 24.1 Å². The molecule has 0 saturated carbocycles. The third-order valence-corrected chi connectivity index (χ3v) is 4.31. The largest absolute Gasteiger partial charge is 0.375 e. The smallest absolute Gasteiger partial charge is 0.248 e. The van der Waals surface area contributed by atoms with E-state index in [1.165, 1.54) is 7.11 Å². The highest BCUT2D eigenvalue weighted by Crippen LogP contribution is 2.27. The van der Waals surface area contributed by atoms with Gasteiger partial charge in [0.1, 0.15) is 18.2 Å². The molecule has 2 aromatic heterocycles. The van der Waals surface area contributed by atoms with Gasteiger partial charge in [-0.2, -0.15) is 0 Å². The summed E-state index contributed by atoms with van der Waals surface area (Å²) in [5, 5.41) is 3.17. The molecule has 1 fully saturated rings. The van der Waals surface area contributed by atoms with Crippen LogP contribution in [0.2, 0.25) is 0 Å². The maximum Gasteiger partial charge on any atom is 0.248 e. The van der Waals surface area contributed by atoms with Crippen LogP contribution in [0.4, 0.5) is 11.8 Å². The molecular formula is C18H24N6O2. The molecule has 8 nitrogen and oxygen atoms in total. The monoisotopic (exact) mass is 356 g/mol. The topological polar surface area (TPSA) is 93.1 Å². The highest BCUT2D eigenvalue weighted by atomic mass is 16.5. The van der Waals surface area contributed by atoms with Crippen LogP contribution in [0.25, 0.3) is 0 Å². The molecule has 1 saturated heterocycles. The number of hydrogen-bond acceptors (Lipinski definition) is 7. The van der Waals surface area contributed by atoms with Crippen molar-refractivity contribution in [2.75, 3.05) is 32.1 Å². The van der Waals surface area contributed by atoms with Gasteiger partial charge in [-0.3, -0.25) is 4.79 Å². The zero-order valence-electron chi connectivity index (χ0n) is 15.6. The maximum atomic E-state index is 12.0. The summed E-state index contributed by atoms with van der Waals surface area (Å²) >= 11 is 0. The summed E-state index contributed by atoms with van der Waals surface area (Å²) < 4.78 is 4.94. The Balaban J connectivity index is 1.77. The third kappa shape index (κ3) is 4.32. The fraction of sp³-hybridized carbons (Fsp3) is 0.500. The lowest BCUT2D eigenvalue weighted by Crippen LogP contribution is -2.31. The number of anilines is 2. The Labute approximate surface area is 153 Å². The second kappa shape index (κ2) is 7.74. The van der Waals surface area contributed by atoms with Gasteiger partial charge in [-0.15, -0.1) is 0 Å². The second-order valence-corrected chi connectivity index (χ2v) is 6.58. The molecule has 0 spiro atoms. The van der Waals surface area contributed by atoms with E-state index in [4.69, 9.17) is 4.74 Å². The van der Waals surface area contributed by atoms with Crippen LogP contribution in [0.3, 0.4) is 0 Å². The van der Waals surface area contributed by atoms with E-state index in [1.54, 1.807) is 0 Å². The van der Waals surface area contributed by atoms with Gasteiger partial charge in [-0.25, -0.2) is 19.9 Å². The zero-order chi connectivity index (χ0) is 18.7. The van der Waals surface area contributed by atoms with Gasteiger partial charge in [0, 0.05) is 43.6 Å². The molecular weight excluding hydrogens is 332 g/mol. The molecule has 0 aromatic carbocycles. The molecule has 138 valence electrons. The molecule has 2 aromatic rings. The summed E-state index contributed by atoms with van der Waals surface area (Å²) in [4.78, 5) is 31.6. The van der Waals surface area contributed by atoms with E-state index in [0.717, 1.165) is 30.0 Å². The van der Waals surface area contributed by atoms with Crippen molar-refractivity contribution in [1.29, 1.82) is 0 Å². The van der Waals surface area contributed by atoms with Crippen LogP contribution in [0.5, 0.6) is 0 Å². The molecule has 0 aliphatic carbocycles. The minimum Gasteiger partial charge on any atom is -0.375 e. The summed E-state index contributed by atoms with van der Waals surface area (Å²) in [6.07, 6.45) is 0.880. The SMILES string of the molecule is COCC(=O)N1CC[C@@H](c2cc(Nc3nc(C)cc(C)n3)nc(C)n2)C1. The molecule has 3 heterocycles. The number of amides is 1. The van der Waals surface area contributed by atoms with Crippen LogP contribution in [-0.4, -0.2) is 57.5 Å². The van der Waals surface area contributed by atoms with Crippen molar-refractivity contribution in [2.45, 2.75) is 33.1 Å². The summed E-state index contributed by atoms with van der Waals surface area (Å²) in [6, 6.07) is 3.84. The van der Waals surface area contributed by atoms with Crippen LogP contribution in [0.15, 0.2) is 12.1 Å². The predicted octanol–water partition coefficient (Wildman–Crippen LogP) is 1.90. The number of likely N-dealkylation sites (tertiary alicyclic amines) is 1. The van der Waals surface area contributed by atoms with Crippen LogP contribution < -0.4 is 5.32 Å². The molecule has 1 atom stereocenters. The Morgan fingerprint density at radius 3 is 2.62 bits per heavy atom. The first-order valence-electron chi connectivity index (χ1n) is 8.66. The zero-order valence-corrected chi connectivity index (χ0v) is 15.6. The molecule has 3 rings (SSSR count). The van der Waals surface area contributed by atoms with Gasteiger partial charge < -0.3 is 15.0 Å². The van der Waals surface area contributed by atoms with Crippen molar-refractivity contribution in [3.05, 3.63) is 35.0 Å². The number of ether oxygens (including phenoxy) is 1. The standard InChI is InChI=1S/C18H24N6O2/c1-11-7-12(2)20-18(19-11)23-16-8-15(21-13(3)22-16)14-5-6-24(9-14)17(25)10-26-4/h7-8,14H,5-6,9-10H2,1-4H3,(H,19,20,21,22,23)/t14-/m1/s1. The number of aryl methyl sites for hydroxylation is 3. The van der Waals surface area contributed by atoms with E-state index >= 15 is 0 Å². The third-order valence-electron chi connectivity index (χ3n) is 4.31. The van der Waals surface area contributed by atoms with Crippen LogP contribution in [0.1, 0.15) is 35.2 Å². The van der Waals surface area contributed by atoms with E-state index in [9.17, 15) is 4.79 Å². The highest BCUT2D eigenvalue weighted by molar-refractivity contribution is 5.77. The summed E-state index contributed by atoms with van der Waals surface area (Å²) in [5.41, 5.74) is 2.72. The van der Waals surface area contributed by atoms with E-state index in [-0.39, 0.29) is 18.4 Å². The Morgan fingerprint density at radius 1 is 1.19 bits per heavy atom. The molecule has 26 heavy (non-hydrogen) atoms. The number of nitrogens with one attached hydrogen (secondary N) is 1. The number of carbonyl (C=O) groups excluding carboxylic acids is 1. The average Bonchev–Trinajstić information content (AvgIpc) is 3.03. The summed E-state index contributed by atoms with van der Waals surface area (Å²) in [7, 11) is 1.53. The fourth-order valence-corrected chi connectivity index (χ4v) is 3.20. The number of nitrogens with zero attached hydrogens (tertiary/aromatic N) is 5. The molecule has 1 N–H and O–H groups in total. The first-order chi connectivity index (χ1) is 12.4. The average molecular weight is 356 g/mol. The number of rotatable bonds is 5. The van der Waals surface area contributed by atoms with Crippen LogP contribution in [-0.2, 0) is 9.53 Å². The van der Waals surface area contributed by atoms with Gasteiger partial charge in [0.05, 0.1) is 5.69 Å². The number of carbonyl (C=O) groups is 1. The van der Waals surface area contributed by atoms with Crippen LogP contribution in [0, 0.1) is 20.8 Å². The first-order valence-corrected chi connectivity index (χ1v) is 8.66. The highest BCUT2D eigenvalue weighted by Gasteiger charge is 2.28. The molecule has 8 heteroatoms. The lowest BCUT2D eigenvalue weighted by atomic mass is 10.0. The number of aromatic nitrogens is 4. The lowest BCUT2D eigenvalue weighted by molar-refractivity contribution is -0.134. The first kappa shape index (κ1) is 18.2. The maximum absolute atomic E-state index is 12.0. The molecule has 1 amide bonds. The van der Waals surface area contributed by atoms with Gasteiger partial charge in [0.2, 0.25) is 11.9 Å². The Morgan fingerprint density at radius 2 is 1.92 bits per heavy atom. The van der Waals surface area contributed by atoms with E-state index in [1.807, 2.05) is 37.8 Å². The number of methoxy groups -OCH3 is 1. The molecule has 0 radical (unpaired) electrons. The van der Waals surface area contributed by atoms with Gasteiger partial charge >= 0.3 is 0 Å². The van der Waals surface area contributed by atoms with Crippen molar-refractivity contribution in [3.63, 3.8) is 0 Å². The second-order valence-electron chi connectivity index (χ2n) is 6.58. The minimum atomic E-state index is 0.0164. The summed E-state index contributed by atoms with van der Waals surface area (Å²) in [6.45, 7) is 7.21.